The van der Waals surface area contributed by atoms with Gasteiger partial charge in [-0.25, -0.2) is 0 Å². The maximum atomic E-state index is 12.1. The molecule has 0 aromatic carbocycles. The second kappa shape index (κ2) is 4.87. The van der Waals surface area contributed by atoms with Gasteiger partial charge in [0.15, 0.2) is 0 Å². The van der Waals surface area contributed by atoms with E-state index in [2.05, 4.69) is 22.7 Å². The van der Waals surface area contributed by atoms with Gasteiger partial charge in [-0.3, -0.25) is 9.48 Å². The standard InChI is InChI=1S/C12H20N4O/c1-8-4-5-13-7-11(8)15-12(17)10-6-14-16(3)9(10)2/h6,8,11,13H,4-5,7H2,1-3H3,(H,15,17). The monoisotopic (exact) mass is 236 g/mol. The summed E-state index contributed by atoms with van der Waals surface area (Å²) in [7, 11) is 1.84. The van der Waals surface area contributed by atoms with Crippen LogP contribution in [-0.4, -0.2) is 34.8 Å². The second-order valence-electron chi connectivity index (χ2n) is 4.82. The number of hydrogen-bond acceptors (Lipinski definition) is 3. The molecule has 0 aliphatic carbocycles. The highest BCUT2D eigenvalue weighted by Crippen LogP contribution is 2.13. The van der Waals surface area contributed by atoms with Crippen LogP contribution < -0.4 is 10.6 Å². The number of piperidine rings is 1. The molecule has 1 aliphatic rings. The summed E-state index contributed by atoms with van der Waals surface area (Å²) in [5.41, 5.74) is 1.57. The predicted molar refractivity (Wildman–Crippen MR) is 65.8 cm³/mol. The van der Waals surface area contributed by atoms with Gasteiger partial charge < -0.3 is 10.6 Å². The van der Waals surface area contributed by atoms with E-state index in [9.17, 15) is 4.79 Å². The van der Waals surface area contributed by atoms with Crippen LogP contribution in [0, 0.1) is 12.8 Å². The molecule has 1 fully saturated rings. The topological polar surface area (TPSA) is 59.0 Å². The molecule has 5 nitrogen and oxygen atoms in total. The van der Waals surface area contributed by atoms with Gasteiger partial charge in [0.25, 0.3) is 5.91 Å². The number of aryl methyl sites for hydroxylation is 1. The highest BCUT2D eigenvalue weighted by atomic mass is 16.1. The zero-order chi connectivity index (χ0) is 12.4. The molecule has 94 valence electrons. The predicted octanol–water partition coefficient (Wildman–Crippen LogP) is 0.456. The zero-order valence-electron chi connectivity index (χ0n) is 10.7. The third-order valence-electron chi connectivity index (χ3n) is 3.62. The van der Waals surface area contributed by atoms with Crippen LogP contribution in [0.15, 0.2) is 6.20 Å². The fourth-order valence-corrected chi connectivity index (χ4v) is 2.15. The molecule has 5 heteroatoms. The van der Waals surface area contributed by atoms with Crippen molar-refractivity contribution in [1.82, 2.24) is 20.4 Å². The lowest BCUT2D eigenvalue weighted by molar-refractivity contribution is 0.0914. The minimum absolute atomic E-state index is 0.0175. The van der Waals surface area contributed by atoms with Crippen molar-refractivity contribution in [1.29, 1.82) is 0 Å². The van der Waals surface area contributed by atoms with Crippen molar-refractivity contribution in [3.63, 3.8) is 0 Å². The lowest BCUT2D eigenvalue weighted by Gasteiger charge is -2.30. The van der Waals surface area contributed by atoms with Crippen LogP contribution >= 0.6 is 0 Å². The normalized spacial score (nSPS) is 24.6. The van der Waals surface area contributed by atoms with E-state index >= 15 is 0 Å². The molecule has 0 bridgehead atoms. The molecule has 0 saturated carbocycles. The van der Waals surface area contributed by atoms with Crippen LogP contribution in [0.5, 0.6) is 0 Å². The average Bonchev–Trinajstić information content (AvgIpc) is 2.63. The van der Waals surface area contributed by atoms with Gasteiger partial charge in [0.05, 0.1) is 11.8 Å². The lowest BCUT2D eigenvalue weighted by Crippen LogP contribution is -2.50. The van der Waals surface area contributed by atoms with Crippen LogP contribution in [0.4, 0.5) is 0 Å². The van der Waals surface area contributed by atoms with Gasteiger partial charge in [0.2, 0.25) is 0 Å². The molecule has 1 aromatic heterocycles. The van der Waals surface area contributed by atoms with Crippen molar-refractivity contribution < 1.29 is 4.79 Å². The molecule has 2 unspecified atom stereocenters. The molecule has 0 radical (unpaired) electrons. The third-order valence-corrected chi connectivity index (χ3v) is 3.62. The summed E-state index contributed by atoms with van der Waals surface area (Å²) < 4.78 is 1.72. The highest BCUT2D eigenvalue weighted by molar-refractivity contribution is 5.95. The van der Waals surface area contributed by atoms with E-state index in [0.717, 1.165) is 25.2 Å². The molecular weight excluding hydrogens is 216 g/mol. The maximum Gasteiger partial charge on any atom is 0.255 e. The number of hydrogen-bond donors (Lipinski definition) is 2. The summed E-state index contributed by atoms with van der Waals surface area (Å²) in [6, 6.07) is 0.218. The van der Waals surface area contributed by atoms with Gasteiger partial charge in [0.1, 0.15) is 0 Å². The maximum absolute atomic E-state index is 12.1. The van der Waals surface area contributed by atoms with Gasteiger partial charge in [-0.1, -0.05) is 6.92 Å². The summed E-state index contributed by atoms with van der Waals surface area (Å²) in [4.78, 5) is 12.1. The summed E-state index contributed by atoms with van der Waals surface area (Å²) >= 11 is 0. The first-order chi connectivity index (χ1) is 8.09. The van der Waals surface area contributed by atoms with E-state index in [4.69, 9.17) is 0 Å². The van der Waals surface area contributed by atoms with Crippen LogP contribution in [-0.2, 0) is 7.05 Å². The molecule has 2 N–H and O–H groups in total. The van der Waals surface area contributed by atoms with Crippen molar-refractivity contribution >= 4 is 5.91 Å². The summed E-state index contributed by atoms with van der Waals surface area (Å²) in [6.45, 7) is 5.98. The van der Waals surface area contributed by atoms with Crippen LogP contribution in [0.2, 0.25) is 0 Å². The largest absolute Gasteiger partial charge is 0.348 e. The molecule has 1 aliphatic heterocycles. The number of carbonyl (C=O) groups is 1. The average molecular weight is 236 g/mol. The lowest BCUT2D eigenvalue weighted by atomic mass is 9.94. The van der Waals surface area contributed by atoms with Crippen molar-refractivity contribution in [2.24, 2.45) is 13.0 Å². The third kappa shape index (κ3) is 2.49. The van der Waals surface area contributed by atoms with Crippen molar-refractivity contribution in [2.75, 3.05) is 13.1 Å². The summed E-state index contributed by atoms with van der Waals surface area (Å²) in [5.74, 6) is 0.508. The Bertz CT molecular complexity index is 413. The van der Waals surface area contributed by atoms with E-state index in [1.54, 1.807) is 10.9 Å². The molecule has 0 spiro atoms. The molecule has 17 heavy (non-hydrogen) atoms. The molecule has 1 amide bonds. The fourth-order valence-electron chi connectivity index (χ4n) is 2.15. The molecule has 2 rings (SSSR count). The Morgan fingerprint density at radius 1 is 1.65 bits per heavy atom. The minimum atomic E-state index is -0.0175. The number of nitrogens with one attached hydrogen (secondary N) is 2. The van der Waals surface area contributed by atoms with Crippen molar-refractivity contribution in [3.05, 3.63) is 17.5 Å². The Labute approximate surface area is 102 Å². The SMILES string of the molecule is Cc1c(C(=O)NC2CNCCC2C)cnn1C. The second-order valence-corrected chi connectivity index (χ2v) is 4.82. The van der Waals surface area contributed by atoms with Crippen molar-refractivity contribution in [2.45, 2.75) is 26.3 Å². The number of amides is 1. The minimum Gasteiger partial charge on any atom is -0.348 e. The Balaban J connectivity index is 2.03. The Morgan fingerprint density at radius 3 is 3.00 bits per heavy atom. The molecular formula is C12H20N4O. The first kappa shape index (κ1) is 12.1. The number of nitrogens with zero attached hydrogens (tertiary/aromatic N) is 2. The fraction of sp³-hybridized carbons (Fsp3) is 0.667. The highest BCUT2D eigenvalue weighted by Gasteiger charge is 2.24. The summed E-state index contributed by atoms with van der Waals surface area (Å²) in [6.07, 6.45) is 2.74. The van der Waals surface area contributed by atoms with Gasteiger partial charge in [-0.2, -0.15) is 5.10 Å². The molecule has 2 heterocycles. The number of rotatable bonds is 2. The zero-order valence-corrected chi connectivity index (χ0v) is 10.7. The quantitative estimate of drug-likeness (QED) is 0.784. The van der Waals surface area contributed by atoms with Gasteiger partial charge in [0, 0.05) is 25.3 Å². The van der Waals surface area contributed by atoms with Crippen LogP contribution in [0.25, 0.3) is 0 Å². The Kier molecular flexibility index (Phi) is 3.47. The summed E-state index contributed by atoms with van der Waals surface area (Å²) in [5, 5.41) is 10.5. The van der Waals surface area contributed by atoms with Gasteiger partial charge in [-0.15, -0.1) is 0 Å². The van der Waals surface area contributed by atoms with Crippen molar-refractivity contribution in [3.8, 4) is 0 Å². The first-order valence-corrected chi connectivity index (χ1v) is 6.09. The van der Waals surface area contributed by atoms with Crippen LogP contribution in [0.3, 0.4) is 0 Å². The smallest absolute Gasteiger partial charge is 0.255 e. The number of carbonyl (C=O) groups excluding carboxylic acids is 1. The molecule has 1 saturated heterocycles. The van der Waals surface area contributed by atoms with E-state index in [1.807, 2.05) is 14.0 Å². The van der Waals surface area contributed by atoms with E-state index < -0.39 is 0 Å². The van der Waals surface area contributed by atoms with Gasteiger partial charge >= 0.3 is 0 Å². The van der Waals surface area contributed by atoms with E-state index in [-0.39, 0.29) is 11.9 Å². The molecule has 1 aromatic rings. The van der Waals surface area contributed by atoms with E-state index in [1.165, 1.54) is 0 Å². The Morgan fingerprint density at radius 2 is 2.41 bits per heavy atom. The van der Waals surface area contributed by atoms with Gasteiger partial charge in [-0.05, 0) is 25.8 Å². The molecule has 2 atom stereocenters. The van der Waals surface area contributed by atoms with Crippen LogP contribution in [0.1, 0.15) is 29.4 Å². The first-order valence-electron chi connectivity index (χ1n) is 6.09. The Hall–Kier alpha value is -1.36. The number of aromatic nitrogens is 2. The van der Waals surface area contributed by atoms with E-state index in [0.29, 0.717) is 11.5 Å².